The van der Waals surface area contributed by atoms with Gasteiger partial charge in [0.25, 0.3) is 0 Å². The molecule has 2 rings (SSSR count). The van der Waals surface area contributed by atoms with E-state index in [0.29, 0.717) is 0 Å². The number of rotatable bonds is 3. The van der Waals surface area contributed by atoms with Crippen molar-refractivity contribution in [2.75, 3.05) is 6.26 Å². The van der Waals surface area contributed by atoms with E-state index in [4.69, 9.17) is 0 Å². The van der Waals surface area contributed by atoms with Gasteiger partial charge in [-0.2, -0.15) is 0 Å². The van der Waals surface area contributed by atoms with Crippen molar-refractivity contribution in [1.29, 1.82) is 0 Å². The van der Waals surface area contributed by atoms with Gasteiger partial charge in [0.1, 0.15) is 0 Å². The Morgan fingerprint density at radius 2 is 1.94 bits per heavy atom. The summed E-state index contributed by atoms with van der Waals surface area (Å²) in [4.78, 5) is 0. The van der Waals surface area contributed by atoms with E-state index < -0.39 is 9.84 Å². The predicted octanol–water partition coefficient (Wildman–Crippen LogP) is 2.21. The van der Waals surface area contributed by atoms with Crippen molar-refractivity contribution in [3.8, 4) is 0 Å². The molecule has 0 bridgehead atoms. The molecule has 0 aliphatic rings. The Kier molecular flexibility index (Phi) is 2.76. The number of benzene rings is 1. The van der Waals surface area contributed by atoms with Crippen LogP contribution in [0.25, 0.3) is 10.9 Å². The Morgan fingerprint density at radius 1 is 1.25 bits per heavy atom. The number of sulfone groups is 1. The standard InChI is InChI=1S/C12H15NO2S/c1-3-13-11(9-16(2,14)15)8-10-6-4-5-7-12(10)13/h4-8H,3,9H2,1-2H3. The number of aryl methyl sites for hydroxylation is 1. The molecule has 0 atom stereocenters. The molecule has 2 aromatic rings. The molecule has 1 aromatic heterocycles. The summed E-state index contributed by atoms with van der Waals surface area (Å²) in [5.74, 6) is 0.107. The van der Waals surface area contributed by atoms with Crippen molar-refractivity contribution in [3.05, 3.63) is 36.0 Å². The molecule has 1 aromatic carbocycles. The second-order valence-corrected chi connectivity index (χ2v) is 6.15. The van der Waals surface area contributed by atoms with E-state index in [1.165, 1.54) is 6.26 Å². The summed E-state index contributed by atoms with van der Waals surface area (Å²) in [7, 11) is -2.98. The SMILES string of the molecule is CCn1c(CS(C)(=O)=O)cc2ccccc21. The molecule has 0 aliphatic heterocycles. The molecule has 0 saturated carbocycles. The third-order valence-electron chi connectivity index (χ3n) is 2.62. The van der Waals surface area contributed by atoms with Gasteiger partial charge in [0.2, 0.25) is 0 Å². The van der Waals surface area contributed by atoms with Gasteiger partial charge in [-0.1, -0.05) is 18.2 Å². The predicted molar refractivity (Wildman–Crippen MR) is 66.2 cm³/mol. The maximum Gasteiger partial charge on any atom is 0.153 e. The van der Waals surface area contributed by atoms with Crippen molar-refractivity contribution in [1.82, 2.24) is 4.57 Å². The van der Waals surface area contributed by atoms with Gasteiger partial charge in [-0.3, -0.25) is 0 Å². The van der Waals surface area contributed by atoms with Gasteiger partial charge < -0.3 is 4.57 Å². The lowest BCUT2D eigenvalue weighted by atomic mass is 10.2. The third kappa shape index (κ3) is 2.11. The van der Waals surface area contributed by atoms with E-state index in [1.807, 2.05) is 37.3 Å². The molecule has 0 saturated heterocycles. The van der Waals surface area contributed by atoms with Crippen molar-refractivity contribution >= 4 is 20.7 Å². The van der Waals surface area contributed by atoms with Gasteiger partial charge in [-0.25, -0.2) is 8.42 Å². The van der Waals surface area contributed by atoms with E-state index in [-0.39, 0.29) is 5.75 Å². The minimum Gasteiger partial charge on any atom is -0.344 e. The fourth-order valence-corrected chi connectivity index (χ4v) is 2.81. The van der Waals surface area contributed by atoms with Gasteiger partial charge in [0.15, 0.2) is 9.84 Å². The maximum atomic E-state index is 11.3. The number of hydrogen-bond donors (Lipinski definition) is 0. The van der Waals surface area contributed by atoms with Crippen LogP contribution in [-0.4, -0.2) is 19.2 Å². The summed E-state index contributed by atoms with van der Waals surface area (Å²) in [5, 5.41) is 1.10. The number of aromatic nitrogens is 1. The molecule has 86 valence electrons. The molecule has 0 amide bonds. The molecule has 0 unspecified atom stereocenters. The Morgan fingerprint density at radius 3 is 2.56 bits per heavy atom. The third-order valence-corrected chi connectivity index (χ3v) is 3.44. The Labute approximate surface area is 95.6 Å². The van der Waals surface area contributed by atoms with Gasteiger partial charge >= 0.3 is 0 Å². The zero-order valence-electron chi connectivity index (χ0n) is 9.47. The topological polar surface area (TPSA) is 39.1 Å². The summed E-state index contributed by atoms with van der Waals surface area (Å²) >= 11 is 0. The van der Waals surface area contributed by atoms with Crippen LogP contribution in [-0.2, 0) is 22.1 Å². The first-order valence-electron chi connectivity index (χ1n) is 5.26. The second kappa shape index (κ2) is 3.94. The van der Waals surface area contributed by atoms with Crippen LogP contribution in [0.4, 0.5) is 0 Å². The van der Waals surface area contributed by atoms with Gasteiger partial charge in [-0.15, -0.1) is 0 Å². The molecule has 0 N–H and O–H groups in total. The Bertz CT molecular complexity index is 611. The average molecular weight is 237 g/mol. The average Bonchev–Trinajstić information content (AvgIpc) is 2.51. The first kappa shape index (κ1) is 11.2. The van der Waals surface area contributed by atoms with Gasteiger partial charge in [0, 0.05) is 24.0 Å². The summed E-state index contributed by atoms with van der Waals surface area (Å²) in [6.07, 6.45) is 1.27. The van der Waals surface area contributed by atoms with E-state index in [0.717, 1.165) is 23.1 Å². The molecule has 0 aliphatic carbocycles. The zero-order chi connectivity index (χ0) is 11.8. The summed E-state index contributed by atoms with van der Waals surface area (Å²) in [6.45, 7) is 2.82. The molecule has 0 spiro atoms. The highest BCUT2D eigenvalue weighted by Crippen LogP contribution is 2.21. The number of para-hydroxylation sites is 1. The smallest absolute Gasteiger partial charge is 0.153 e. The number of hydrogen-bond acceptors (Lipinski definition) is 2. The first-order valence-corrected chi connectivity index (χ1v) is 7.32. The lowest BCUT2D eigenvalue weighted by Gasteiger charge is -2.06. The second-order valence-electron chi connectivity index (χ2n) is 4.01. The molecule has 0 radical (unpaired) electrons. The number of fused-ring (bicyclic) bond motifs is 1. The zero-order valence-corrected chi connectivity index (χ0v) is 10.3. The van der Waals surface area contributed by atoms with Crippen molar-refractivity contribution < 1.29 is 8.42 Å². The highest BCUT2D eigenvalue weighted by Gasteiger charge is 2.11. The molecule has 0 fully saturated rings. The van der Waals surface area contributed by atoms with E-state index in [9.17, 15) is 8.42 Å². The van der Waals surface area contributed by atoms with E-state index in [2.05, 4.69) is 4.57 Å². The van der Waals surface area contributed by atoms with Crippen LogP contribution in [0.15, 0.2) is 30.3 Å². The van der Waals surface area contributed by atoms with E-state index in [1.54, 1.807) is 0 Å². The molecule has 16 heavy (non-hydrogen) atoms. The molecule has 4 heteroatoms. The van der Waals surface area contributed by atoms with Crippen LogP contribution in [0, 0.1) is 0 Å². The maximum absolute atomic E-state index is 11.3. The first-order chi connectivity index (χ1) is 7.51. The van der Waals surface area contributed by atoms with Crippen LogP contribution < -0.4 is 0 Å². The summed E-state index contributed by atoms with van der Waals surface area (Å²) in [6, 6.07) is 9.92. The molecule has 1 heterocycles. The van der Waals surface area contributed by atoms with Gasteiger partial charge in [0.05, 0.1) is 5.75 Å². The van der Waals surface area contributed by atoms with Crippen LogP contribution in [0.1, 0.15) is 12.6 Å². The summed E-state index contributed by atoms with van der Waals surface area (Å²) in [5.41, 5.74) is 1.97. The van der Waals surface area contributed by atoms with Crippen LogP contribution in [0.3, 0.4) is 0 Å². The Hall–Kier alpha value is -1.29. The molecule has 3 nitrogen and oxygen atoms in total. The monoisotopic (exact) mass is 237 g/mol. The van der Waals surface area contributed by atoms with Crippen LogP contribution >= 0.6 is 0 Å². The quantitative estimate of drug-likeness (QED) is 0.821. The number of nitrogens with zero attached hydrogens (tertiary/aromatic N) is 1. The summed E-state index contributed by atoms with van der Waals surface area (Å²) < 4.78 is 24.7. The van der Waals surface area contributed by atoms with Crippen molar-refractivity contribution in [2.24, 2.45) is 0 Å². The normalized spacial score (nSPS) is 12.1. The lowest BCUT2D eigenvalue weighted by Crippen LogP contribution is -2.07. The molecular formula is C12H15NO2S. The minimum absolute atomic E-state index is 0.107. The highest BCUT2D eigenvalue weighted by atomic mass is 32.2. The largest absolute Gasteiger partial charge is 0.344 e. The van der Waals surface area contributed by atoms with Crippen LogP contribution in [0.5, 0.6) is 0 Å². The fourth-order valence-electron chi connectivity index (χ4n) is 2.03. The van der Waals surface area contributed by atoms with Crippen molar-refractivity contribution in [3.63, 3.8) is 0 Å². The van der Waals surface area contributed by atoms with Crippen molar-refractivity contribution in [2.45, 2.75) is 19.2 Å². The van der Waals surface area contributed by atoms with Crippen LogP contribution in [0.2, 0.25) is 0 Å². The highest BCUT2D eigenvalue weighted by molar-refractivity contribution is 7.89. The minimum atomic E-state index is -2.98. The van der Waals surface area contributed by atoms with Gasteiger partial charge in [-0.05, 0) is 24.4 Å². The lowest BCUT2D eigenvalue weighted by molar-refractivity contribution is 0.598. The fraction of sp³-hybridized carbons (Fsp3) is 0.333. The molecular weight excluding hydrogens is 222 g/mol. The van der Waals surface area contributed by atoms with E-state index >= 15 is 0 Å². The Balaban J connectivity index is 2.61.